The topological polar surface area (TPSA) is 108 Å². The van der Waals surface area contributed by atoms with Gasteiger partial charge in [-0.15, -0.1) is 6.42 Å². The number of terminal acetylenes is 1. The number of esters is 1. The van der Waals surface area contributed by atoms with Crippen LogP contribution in [-0.4, -0.2) is 84.1 Å². The fraction of sp³-hybridized carbons (Fsp3) is 0.487. The van der Waals surface area contributed by atoms with Gasteiger partial charge in [-0.1, -0.05) is 68.7 Å². The van der Waals surface area contributed by atoms with Crippen LogP contribution < -0.4 is 5.32 Å². The second kappa shape index (κ2) is 19.8. The first kappa shape index (κ1) is 40.2. The number of nitrogens with zero attached hydrogens (tertiary/aromatic N) is 3. The Hall–Kier alpha value is -4.96. The van der Waals surface area contributed by atoms with E-state index < -0.39 is 29.7 Å². The van der Waals surface area contributed by atoms with Crippen molar-refractivity contribution in [2.24, 2.45) is 0 Å². The highest BCUT2D eigenvalue weighted by Crippen LogP contribution is 2.24. The monoisotopic (exact) mass is 672 g/mol. The summed E-state index contributed by atoms with van der Waals surface area (Å²) >= 11 is 0. The number of methoxy groups -OCH3 is 1. The molecule has 0 aliphatic rings. The zero-order chi connectivity index (χ0) is 36.6. The Bertz CT molecular complexity index is 1510. The van der Waals surface area contributed by atoms with Gasteiger partial charge in [0.2, 0.25) is 5.91 Å². The van der Waals surface area contributed by atoms with Gasteiger partial charge in [0.25, 0.3) is 0 Å². The second-order valence-electron chi connectivity index (χ2n) is 13.0. The van der Waals surface area contributed by atoms with Gasteiger partial charge in [0.05, 0.1) is 20.1 Å². The molecule has 264 valence electrons. The quantitative estimate of drug-likeness (QED) is 0.104. The molecule has 4 amide bonds. The van der Waals surface area contributed by atoms with Crippen molar-refractivity contribution in [3.63, 3.8) is 0 Å². The van der Waals surface area contributed by atoms with Gasteiger partial charge in [-0.25, -0.2) is 14.5 Å². The number of amides is 4. The summed E-state index contributed by atoms with van der Waals surface area (Å²) in [6, 6.07) is 16.6. The van der Waals surface area contributed by atoms with Crippen molar-refractivity contribution in [2.75, 3.05) is 27.7 Å². The molecule has 2 rings (SSSR count). The molecule has 1 N–H and O–H groups in total. The Kier molecular flexibility index (Phi) is 16.2. The van der Waals surface area contributed by atoms with Crippen molar-refractivity contribution >= 4 is 24.0 Å². The third kappa shape index (κ3) is 13.2. The van der Waals surface area contributed by atoms with Gasteiger partial charge >= 0.3 is 18.1 Å². The molecule has 0 saturated heterocycles. The minimum atomic E-state index is -0.880. The van der Waals surface area contributed by atoms with Gasteiger partial charge in [-0.05, 0) is 68.4 Å². The minimum Gasteiger partial charge on any atom is -0.469 e. The number of carbonyl (C=O) groups excluding carboxylic acids is 4. The maximum Gasteiger partial charge on any atom is 0.410 e. The predicted octanol–water partition coefficient (Wildman–Crippen LogP) is 6.23. The molecule has 2 unspecified atom stereocenters. The van der Waals surface area contributed by atoms with Crippen LogP contribution in [0.5, 0.6) is 0 Å². The van der Waals surface area contributed by atoms with Gasteiger partial charge in [0.1, 0.15) is 11.6 Å². The lowest BCUT2D eigenvalue weighted by atomic mass is 9.98. The standard InChI is InChI=1S/C39H52N4O6/c1-10-12-14-15-24-43(29(3)25-35(44)48-9)36(45)34(41(8)38(47)49-39(4,5)6)27-30-19-21-32(22-20-30)33-18-16-17-31(26-33)28-42(23-13-11-2)37(46)40-7/h2,16-22,26,29,34H,10,12,14-15,24-25,27-28H2,1,3-9H3,(H,40,46). The van der Waals surface area contributed by atoms with Crippen molar-refractivity contribution in [1.29, 1.82) is 0 Å². The molecule has 2 aromatic rings. The summed E-state index contributed by atoms with van der Waals surface area (Å²) in [6.07, 6.45) is 8.74. The molecule has 0 aliphatic heterocycles. The van der Waals surface area contributed by atoms with Gasteiger partial charge in [0, 0.05) is 45.1 Å². The Morgan fingerprint density at radius 3 is 2.27 bits per heavy atom. The third-order valence-electron chi connectivity index (χ3n) is 7.90. The van der Waals surface area contributed by atoms with E-state index in [9.17, 15) is 19.2 Å². The largest absolute Gasteiger partial charge is 0.469 e. The Morgan fingerprint density at radius 2 is 1.67 bits per heavy atom. The zero-order valence-electron chi connectivity index (χ0n) is 30.3. The molecule has 0 bridgehead atoms. The lowest BCUT2D eigenvalue weighted by molar-refractivity contribution is -0.145. The fourth-order valence-electron chi connectivity index (χ4n) is 5.22. The van der Waals surface area contributed by atoms with Crippen molar-refractivity contribution in [1.82, 2.24) is 20.0 Å². The maximum atomic E-state index is 14.4. The number of urea groups is 1. The van der Waals surface area contributed by atoms with E-state index in [1.54, 1.807) is 32.7 Å². The van der Waals surface area contributed by atoms with Crippen molar-refractivity contribution in [3.8, 4) is 35.4 Å². The number of unbranched alkanes of at least 4 members (excludes halogenated alkanes) is 3. The summed E-state index contributed by atoms with van der Waals surface area (Å²) in [5.41, 5.74) is 2.81. The van der Waals surface area contributed by atoms with Crippen LogP contribution in [-0.2, 0) is 32.0 Å². The molecule has 0 heterocycles. The van der Waals surface area contributed by atoms with E-state index in [1.807, 2.05) is 55.5 Å². The molecule has 0 aliphatic carbocycles. The van der Waals surface area contributed by atoms with Gasteiger partial charge in [0.15, 0.2) is 0 Å². The summed E-state index contributed by atoms with van der Waals surface area (Å²) in [5, 5.41) is 2.57. The Balaban J connectivity index is 2.42. The molecular weight excluding hydrogens is 620 g/mol. The number of carbonyl (C=O) groups is 4. The predicted molar refractivity (Wildman–Crippen MR) is 192 cm³/mol. The average Bonchev–Trinajstić information content (AvgIpc) is 3.07. The summed E-state index contributed by atoms with van der Waals surface area (Å²) in [5.74, 6) is 4.05. The van der Waals surface area contributed by atoms with Gasteiger partial charge < -0.3 is 19.7 Å². The first-order chi connectivity index (χ1) is 23.2. The number of hydrogen-bond acceptors (Lipinski definition) is 6. The van der Waals surface area contributed by atoms with Crippen molar-refractivity contribution in [3.05, 3.63) is 59.7 Å². The minimum absolute atomic E-state index is 0.0456. The highest BCUT2D eigenvalue weighted by Gasteiger charge is 2.35. The molecule has 10 nitrogen and oxygen atoms in total. The molecule has 0 saturated carbocycles. The summed E-state index contributed by atoms with van der Waals surface area (Å²) < 4.78 is 10.6. The van der Waals surface area contributed by atoms with E-state index in [4.69, 9.17) is 15.9 Å². The first-order valence-corrected chi connectivity index (χ1v) is 16.7. The molecule has 49 heavy (non-hydrogen) atoms. The zero-order valence-corrected chi connectivity index (χ0v) is 30.3. The smallest absolute Gasteiger partial charge is 0.410 e. The molecule has 10 heteroatoms. The van der Waals surface area contributed by atoms with Crippen molar-refractivity contribution < 1.29 is 28.7 Å². The number of ether oxygens (including phenoxy) is 2. The van der Waals surface area contributed by atoms with Crippen LogP contribution in [0.3, 0.4) is 0 Å². The van der Waals surface area contributed by atoms with Crippen LogP contribution in [0, 0.1) is 24.3 Å². The number of rotatable bonds is 15. The molecule has 0 fully saturated rings. The summed E-state index contributed by atoms with van der Waals surface area (Å²) in [7, 11) is 4.44. The molecular formula is C39H52N4O6. The SMILES string of the molecule is C#CC#CN(Cc1cccc(-c2ccc(CC(C(=O)N(CCCCCC)C(C)CC(=O)OC)N(C)C(=O)OC(C)(C)C)cc2)c1)C(=O)NC. The van der Waals surface area contributed by atoms with Crippen LogP contribution in [0.4, 0.5) is 9.59 Å². The van der Waals surface area contributed by atoms with Gasteiger partial charge in [-0.2, -0.15) is 0 Å². The average molecular weight is 673 g/mol. The maximum absolute atomic E-state index is 14.4. The summed E-state index contributed by atoms with van der Waals surface area (Å²) in [4.78, 5) is 56.5. The fourth-order valence-corrected chi connectivity index (χ4v) is 5.22. The third-order valence-corrected chi connectivity index (χ3v) is 7.90. The van der Waals surface area contributed by atoms with E-state index in [2.05, 4.69) is 30.1 Å². The lowest BCUT2D eigenvalue weighted by Crippen LogP contribution is -2.54. The number of likely N-dealkylation sites (N-methyl/N-ethyl adjacent to an activating group) is 1. The van der Waals surface area contributed by atoms with Gasteiger partial charge in [-0.3, -0.25) is 14.5 Å². The molecule has 0 spiro atoms. The van der Waals surface area contributed by atoms with E-state index >= 15 is 0 Å². The molecule has 2 aromatic carbocycles. The number of hydrogen-bond donors (Lipinski definition) is 1. The van der Waals surface area contributed by atoms with Crippen LogP contribution >= 0.6 is 0 Å². The van der Waals surface area contributed by atoms with E-state index in [0.29, 0.717) is 6.54 Å². The van der Waals surface area contributed by atoms with Crippen LogP contribution in [0.1, 0.15) is 77.8 Å². The number of benzene rings is 2. The highest BCUT2D eigenvalue weighted by molar-refractivity contribution is 5.87. The second-order valence-corrected chi connectivity index (χ2v) is 13.0. The molecule has 0 radical (unpaired) electrons. The molecule has 0 aromatic heterocycles. The molecule has 2 atom stereocenters. The number of nitrogens with one attached hydrogen (secondary N) is 1. The summed E-state index contributed by atoms with van der Waals surface area (Å²) in [6.45, 7) is 9.99. The van der Waals surface area contributed by atoms with Crippen LogP contribution in [0.15, 0.2) is 48.5 Å². The van der Waals surface area contributed by atoms with E-state index in [1.165, 1.54) is 24.0 Å². The first-order valence-electron chi connectivity index (χ1n) is 16.7. The highest BCUT2D eigenvalue weighted by atomic mass is 16.6. The van der Waals surface area contributed by atoms with Crippen LogP contribution in [0.25, 0.3) is 11.1 Å². The van der Waals surface area contributed by atoms with Crippen LogP contribution in [0.2, 0.25) is 0 Å². The lowest BCUT2D eigenvalue weighted by Gasteiger charge is -2.36. The Morgan fingerprint density at radius 1 is 0.980 bits per heavy atom. The van der Waals surface area contributed by atoms with E-state index in [0.717, 1.165) is 47.9 Å². The van der Waals surface area contributed by atoms with Crippen molar-refractivity contribution in [2.45, 2.75) is 97.4 Å². The Labute approximate surface area is 292 Å². The van der Waals surface area contributed by atoms with E-state index in [-0.39, 0.29) is 31.3 Å². The normalized spacial score (nSPS) is 11.9.